The van der Waals surface area contributed by atoms with Gasteiger partial charge < -0.3 is 4.40 Å². The fourth-order valence-corrected chi connectivity index (χ4v) is 1.56. The van der Waals surface area contributed by atoms with Crippen LogP contribution in [0, 0.1) is 6.92 Å². The molecule has 0 aliphatic carbocycles. The predicted molar refractivity (Wildman–Crippen MR) is 65.4 cm³/mol. The van der Waals surface area contributed by atoms with E-state index in [1.165, 1.54) is 16.8 Å². The van der Waals surface area contributed by atoms with Gasteiger partial charge >= 0.3 is 0 Å². The molecule has 2 heteroatoms. The molecule has 0 spiro atoms. The average Bonchev–Trinajstić information content (AvgIpc) is 2.63. The van der Waals surface area contributed by atoms with Gasteiger partial charge in [0.25, 0.3) is 0 Å². The monoisotopic (exact) mass is 204 g/mol. The Morgan fingerprint density at radius 3 is 2.53 bits per heavy atom. The van der Waals surface area contributed by atoms with E-state index in [4.69, 9.17) is 0 Å². The quantitative estimate of drug-likeness (QED) is 0.690. The van der Waals surface area contributed by atoms with Crippen molar-refractivity contribution in [3.8, 4) is 0 Å². The van der Waals surface area contributed by atoms with Gasteiger partial charge in [-0.25, -0.2) is 4.98 Å². The number of hydrogen-bond acceptors (Lipinski definition) is 1. The van der Waals surface area contributed by atoms with Crippen molar-refractivity contribution in [3.63, 3.8) is 0 Å². The summed E-state index contributed by atoms with van der Waals surface area (Å²) in [7, 11) is 0. The minimum absolute atomic E-state index is 0.492. The zero-order chi connectivity index (χ0) is 11.4. The van der Waals surface area contributed by atoms with Crippen molar-refractivity contribution in [1.29, 1.82) is 0 Å². The van der Waals surface area contributed by atoms with Crippen LogP contribution in [0.4, 0.5) is 0 Å². The van der Waals surface area contributed by atoms with E-state index in [1.54, 1.807) is 0 Å². The van der Waals surface area contributed by atoms with E-state index in [2.05, 4.69) is 48.5 Å². The van der Waals surface area contributed by atoms with E-state index in [0.717, 1.165) is 0 Å². The smallest absolute Gasteiger partial charge is 0.0995 e. The summed E-state index contributed by atoms with van der Waals surface area (Å²) in [5, 5.41) is 0. The van der Waals surface area contributed by atoms with Gasteiger partial charge in [-0.05, 0) is 30.5 Å². The van der Waals surface area contributed by atoms with Crippen LogP contribution in [-0.4, -0.2) is 9.38 Å². The maximum absolute atomic E-state index is 4.40. The summed E-state index contributed by atoms with van der Waals surface area (Å²) in [6, 6.07) is 4.28. The molecule has 0 aromatic carbocycles. The molecule has 0 radical (unpaired) electrons. The summed E-state index contributed by atoms with van der Waals surface area (Å²) < 4.78 is 2.07. The predicted octanol–water partition coefficient (Wildman–Crippen LogP) is 3.79. The molecule has 82 valence electrons. The Labute approximate surface area is 92.0 Å². The number of aryl methyl sites for hydroxylation is 1. The normalized spacial score (nSPS) is 10.3. The summed E-state index contributed by atoms with van der Waals surface area (Å²) in [5.74, 6) is 0.492. The lowest BCUT2D eigenvalue weighted by atomic mass is 10.1. The van der Waals surface area contributed by atoms with Crippen LogP contribution in [0.5, 0.6) is 0 Å². The third-order valence-electron chi connectivity index (χ3n) is 2.27. The molecule has 0 bridgehead atoms. The summed E-state index contributed by atoms with van der Waals surface area (Å²) in [5.41, 5.74) is 3.70. The van der Waals surface area contributed by atoms with Crippen LogP contribution in [0.1, 0.15) is 44.9 Å². The Kier molecular flexibility index (Phi) is 3.89. The van der Waals surface area contributed by atoms with E-state index in [9.17, 15) is 0 Å². The van der Waals surface area contributed by atoms with Gasteiger partial charge in [-0.2, -0.15) is 0 Å². The Bertz CT molecular complexity index is 427. The van der Waals surface area contributed by atoms with Crippen LogP contribution in [0.3, 0.4) is 0 Å². The summed E-state index contributed by atoms with van der Waals surface area (Å²) in [6.45, 7) is 10.5. The van der Waals surface area contributed by atoms with E-state index in [0.29, 0.717) is 5.92 Å². The second-order valence-corrected chi connectivity index (χ2v) is 3.78. The summed E-state index contributed by atoms with van der Waals surface area (Å²) in [4.78, 5) is 4.40. The van der Waals surface area contributed by atoms with Crippen molar-refractivity contribution in [3.05, 3.63) is 35.9 Å². The van der Waals surface area contributed by atoms with Crippen molar-refractivity contribution in [1.82, 2.24) is 9.38 Å². The van der Waals surface area contributed by atoms with Crippen molar-refractivity contribution < 1.29 is 0 Å². The highest BCUT2D eigenvalue weighted by atomic mass is 15.0. The molecule has 0 N–H and O–H groups in total. The number of rotatable bonds is 1. The van der Waals surface area contributed by atoms with Crippen LogP contribution in [0.15, 0.2) is 24.7 Å². The van der Waals surface area contributed by atoms with E-state index in [-0.39, 0.29) is 0 Å². The lowest BCUT2D eigenvalue weighted by Crippen LogP contribution is -1.89. The van der Waals surface area contributed by atoms with Crippen LogP contribution in [0.25, 0.3) is 5.52 Å². The first-order chi connectivity index (χ1) is 7.18. The van der Waals surface area contributed by atoms with E-state index >= 15 is 0 Å². The molecule has 0 amide bonds. The molecule has 0 aliphatic rings. The molecule has 0 saturated heterocycles. The molecule has 0 aliphatic heterocycles. The molecular weight excluding hydrogens is 184 g/mol. The molecule has 15 heavy (non-hydrogen) atoms. The largest absolute Gasteiger partial charge is 0.306 e. The molecular formula is C13H20N2. The number of aromatic nitrogens is 2. The first-order valence-corrected chi connectivity index (χ1v) is 5.61. The third kappa shape index (κ3) is 2.38. The van der Waals surface area contributed by atoms with Crippen molar-refractivity contribution >= 4 is 5.52 Å². The van der Waals surface area contributed by atoms with Crippen LogP contribution >= 0.6 is 0 Å². The standard InChI is InChI=1S/C11H14N2.C2H6/c1-8(2)11-10-6-9(3)4-5-13(10)7-12-11;1-2/h4-8H,1-3H3;1-2H3. The number of pyridine rings is 1. The second kappa shape index (κ2) is 4.96. The Balaban J connectivity index is 0.000000531. The number of fused-ring (bicyclic) bond motifs is 1. The zero-order valence-electron chi connectivity index (χ0n) is 10.3. The van der Waals surface area contributed by atoms with Crippen LogP contribution in [0.2, 0.25) is 0 Å². The molecule has 0 atom stereocenters. The molecule has 2 aromatic rings. The first kappa shape index (κ1) is 11.8. The third-order valence-corrected chi connectivity index (χ3v) is 2.27. The molecule has 0 unspecified atom stereocenters. The molecule has 0 fully saturated rings. The Morgan fingerprint density at radius 1 is 1.27 bits per heavy atom. The summed E-state index contributed by atoms with van der Waals surface area (Å²) in [6.07, 6.45) is 3.94. The van der Waals surface area contributed by atoms with E-state index in [1.807, 2.05) is 20.2 Å². The highest BCUT2D eigenvalue weighted by molar-refractivity contribution is 5.54. The van der Waals surface area contributed by atoms with Crippen molar-refractivity contribution in [2.75, 3.05) is 0 Å². The van der Waals surface area contributed by atoms with Crippen molar-refractivity contribution in [2.24, 2.45) is 0 Å². The lowest BCUT2D eigenvalue weighted by molar-refractivity contribution is 0.841. The van der Waals surface area contributed by atoms with Gasteiger partial charge in [-0.3, -0.25) is 0 Å². The fourth-order valence-electron chi connectivity index (χ4n) is 1.56. The first-order valence-electron chi connectivity index (χ1n) is 5.61. The van der Waals surface area contributed by atoms with Gasteiger partial charge in [0.1, 0.15) is 0 Å². The fraction of sp³-hybridized carbons (Fsp3) is 0.462. The number of nitrogens with zero attached hydrogens (tertiary/aromatic N) is 2. The minimum Gasteiger partial charge on any atom is -0.306 e. The van der Waals surface area contributed by atoms with Gasteiger partial charge in [-0.1, -0.05) is 27.7 Å². The SMILES string of the molecule is CC.Cc1ccn2cnc(C(C)C)c2c1. The molecule has 0 saturated carbocycles. The van der Waals surface area contributed by atoms with Gasteiger partial charge in [0.15, 0.2) is 0 Å². The average molecular weight is 204 g/mol. The van der Waals surface area contributed by atoms with Gasteiger partial charge in [0.05, 0.1) is 17.5 Å². The van der Waals surface area contributed by atoms with Gasteiger partial charge in [0.2, 0.25) is 0 Å². The molecule has 2 aromatic heterocycles. The second-order valence-electron chi connectivity index (χ2n) is 3.78. The highest BCUT2D eigenvalue weighted by Crippen LogP contribution is 2.19. The maximum atomic E-state index is 4.40. The van der Waals surface area contributed by atoms with Crippen molar-refractivity contribution in [2.45, 2.75) is 40.5 Å². The maximum Gasteiger partial charge on any atom is 0.0995 e. The van der Waals surface area contributed by atoms with Crippen LogP contribution < -0.4 is 0 Å². The van der Waals surface area contributed by atoms with Crippen LogP contribution in [-0.2, 0) is 0 Å². The number of hydrogen-bond donors (Lipinski definition) is 0. The molecule has 2 nitrogen and oxygen atoms in total. The van der Waals surface area contributed by atoms with E-state index < -0.39 is 0 Å². The highest BCUT2D eigenvalue weighted by Gasteiger charge is 2.07. The lowest BCUT2D eigenvalue weighted by Gasteiger charge is -2.01. The zero-order valence-corrected chi connectivity index (χ0v) is 10.3. The molecule has 2 rings (SSSR count). The number of imidazole rings is 1. The Hall–Kier alpha value is -1.31. The van der Waals surface area contributed by atoms with Gasteiger partial charge in [-0.15, -0.1) is 0 Å². The minimum atomic E-state index is 0.492. The summed E-state index contributed by atoms with van der Waals surface area (Å²) >= 11 is 0. The Morgan fingerprint density at radius 2 is 1.93 bits per heavy atom. The topological polar surface area (TPSA) is 17.3 Å². The van der Waals surface area contributed by atoms with Gasteiger partial charge in [0, 0.05) is 6.20 Å². The molecule has 2 heterocycles.